The predicted octanol–water partition coefficient (Wildman–Crippen LogP) is 3.53. The molecule has 0 bridgehead atoms. The standard InChI is InChI=1S/C14H10ClNO5/c15-11-5-2-6-12(16(19)20)13(11)21-8-9-3-1-4-10(7-9)14(17)18/h1-7H,8H2,(H,17,18). The molecule has 0 aliphatic rings. The average molecular weight is 308 g/mol. The van der Waals surface area contributed by atoms with E-state index in [1.807, 2.05) is 0 Å². The zero-order valence-corrected chi connectivity index (χ0v) is 11.4. The summed E-state index contributed by atoms with van der Waals surface area (Å²) in [5.74, 6) is -1.09. The van der Waals surface area contributed by atoms with Gasteiger partial charge in [0, 0.05) is 6.07 Å². The summed E-state index contributed by atoms with van der Waals surface area (Å²) in [6, 6.07) is 10.3. The average Bonchev–Trinajstić information content (AvgIpc) is 2.46. The molecule has 2 aromatic rings. The maximum atomic E-state index is 10.9. The first-order valence-corrected chi connectivity index (χ1v) is 6.25. The van der Waals surface area contributed by atoms with Crippen molar-refractivity contribution in [2.45, 2.75) is 6.61 Å². The van der Waals surface area contributed by atoms with Gasteiger partial charge < -0.3 is 9.84 Å². The van der Waals surface area contributed by atoms with Crippen LogP contribution in [-0.2, 0) is 6.61 Å². The van der Waals surface area contributed by atoms with Gasteiger partial charge in [0.15, 0.2) is 0 Å². The molecule has 0 aliphatic carbocycles. The Morgan fingerprint density at radius 3 is 2.67 bits per heavy atom. The minimum absolute atomic E-state index is 0.0221. The lowest BCUT2D eigenvalue weighted by Crippen LogP contribution is -2.02. The molecule has 2 rings (SSSR count). The summed E-state index contributed by atoms with van der Waals surface area (Å²) < 4.78 is 5.38. The molecular weight excluding hydrogens is 298 g/mol. The van der Waals surface area contributed by atoms with Crippen LogP contribution in [0.3, 0.4) is 0 Å². The Morgan fingerprint density at radius 1 is 1.29 bits per heavy atom. The van der Waals surface area contributed by atoms with Gasteiger partial charge in [-0.2, -0.15) is 0 Å². The molecule has 0 heterocycles. The van der Waals surface area contributed by atoms with Crippen molar-refractivity contribution < 1.29 is 19.6 Å². The number of para-hydroxylation sites is 1. The lowest BCUT2D eigenvalue weighted by Gasteiger charge is -2.08. The van der Waals surface area contributed by atoms with E-state index in [0.717, 1.165) is 0 Å². The maximum absolute atomic E-state index is 10.9. The number of nitro benzene ring substituents is 1. The van der Waals surface area contributed by atoms with E-state index >= 15 is 0 Å². The lowest BCUT2D eigenvalue weighted by atomic mass is 10.1. The molecule has 0 aromatic heterocycles. The molecule has 2 aromatic carbocycles. The highest BCUT2D eigenvalue weighted by Crippen LogP contribution is 2.34. The lowest BCUT2D eigenvalue weighted by molar-refractivity contribution is -0.385. The Hall–Kier alpha value is -2.60. The predicted molar refractivity (Wildman–Crippen MR) is 75.8 cm³/mol. The summed E-state index contributed by atoms with van der Waals surface area (Å²) in [4.78, 5) is 21.2. The van der Waals surface area contributed by atoms with Crippen LogP contribution in [0.25, 0.3) is 0 Å². The topological polar surface area (TPSA) is 89.7 Å². The summed E-state index contributed by atoms with van der Waals surface area (Å²) >= 11 is 5.90. The summed E-state index contributed by atoms with van der Waals surface area (Å²) in [5, 5.41) is 19.9. The van der Waals surface area contributed by atoms with Crippen LogP contribution in [-0.4, -0.2) is 16.0 Å². The molecular formula is C14H10ClNO5. The Kier molecular flexibility index (Phi) is 4.39. The number of hydrogen-bond acceptors (Lipinski definition) is 4. The van der Waals surface area contributed by atoms with Gasteiger partial charge in [-0.25, -0.2) is 4.79 Å². The number of ether oxygens (including phenoxy) is 1. The van der Waals surface area contributed by atoms with E-state index in [9.17, 15) is 14.9 Å². The quantitative estimate of drug-likeness (QED) is 0.674. The number of carbonyl (C=O) groups is 1. The van der Waals surface area contributed by atoms with Crippen LogP contribution in [0.5, 0.6) is 5.75 Å². The number of halogens is 1. The number of carboxylic acid groups (broad SMARTS) is 1. The van der Waals surface area contributed by atoms with Crippen molar-refractivity contribution in [3.63, 3.8) is 0 Å². The number of nitrogens with zero attached hydrogens (tertiary/aromatic N) is 1. The van der Waals surface area contributed by atoms with E-state index in [-0.39, 0.29) is 28.6 Å². The van der Waals surface area contributed by atoms with Gasteiger partial charge in [-0.15, -0.1) is 0 Å². The van der Waals surface area contributed by atoms with Crippen molar-refractivity contribution in [2.24, 2.45) is 0 Å². The molecule has 7 heteroatoms. The van der Waals surface area contributed by atoms with Gasteiger partial charge in [-0.1, -0.05) is 29.8 Å². The molecule has 6 nitrogen and oxygen atoms in total. The Morgan fingerprint density at radius 2 is 2.00 bits per heavy atom. The summed E-state index contributed by atoms with van der Waals surface area (Å²) in [6.07, 6.45) is 0. The summed E-state index contributed by atoms with van der Waals surface area (Å²) in [6.45, 7) is -0.0221. The third-order valence-corrected chi connectivity index (χ3v) is 3.00. The van der Waals surface area contributed by atoms with Crippen LogP contribution in [0.4, 0.5) is 5.69 Å². The normalized spacial score (nSPS) is 10.1. The number of rotatable bonds is 5. The minimum atomic E-state index is -1.06. The molecule has 0 amide bonds. The van der Waals surface area contributed by atoms with Gasteiger partial charge in [-0.05, 0) is 23.8 Å². The second-order valence-corrected chi connectivity index (χ2v) is 4.55. The number of benzene rings is 2. The molecule has 108 valence electrons. The van der Waals surface area contributed by atoms with Gasteiger partial charge in [0.05, 0.1) is 15.5 Å². The van der Waals surface area contributed by atoms with E-state index in [1.165, 1.54) is 30.3 Å². The zero-order valence-electron chi connectivity index (χ0n) is 10.7. The summed E-state index contributed by atoms with van der Waals surface area (Å²) in [7, 11) is 0. The number of carboxylic acids is 1. The SMILES string of the molecule is O=C(O)c1cccc(COc2c(Cl)cccc2[N+](=O)[O-])c1. The van der Waals surface area contributed by atoms with Gasteiger partial charge in [0.25, 0.3) is 0 Å². The number of aromatic carboxylic acids is 1. The first kappa shape index (κ1) is 14.8. The van der Waals surface area contributed by atoms with E-state index in [1.54, 1.807) is 12.1 Å². The van der Waals surface area contributed by atoms with E-state index in [2.05, 4.69) is 0 Å². The van der Waals surface area contributed by atoms with Crippen LogP contribution in [0.15, 0.2) is 42.5 Å². The van der Waals surface area contributed by atoms with Crippen LogP contribution in [0.1, 0.15) is 15.9 Å². The highest BCUT2D eigenvalue weighted by Gasteiger charge is 2.18. The molecule has 0 radical (unpaired) electrons. The van der Waals surface area contributed by atoms with Crippen molar-refractivity contribution in [3.05, 3.63) is 68.7 Å². The van der Waals surface area contributed by atoms with E-state index in [0.29, 0.717) is 5.56 Å². The van der Waals surface area contributed by atoms with Gasteiger partial charge in [0.1, 0.15) is 6.61 Å². The Balaban J connectivity index is 2.22. The van der Waals surface area contributed by atoms with Crippen molar-refractivity contribution >= 4 is 23.3 Å². The molecule has 0 unspecified atom stereocenters. The van der Waals surface area contributed by atoms with Crippen LogP contribution < -0.4 is 4.74 Å². The third kappa shape index (κ3) is 3.49. The second-order valence-electron chi connectivity index (χ2n) is 4.14. The Bertz CT molecular complexity index is 702. The molecule has 0 saturated carbocycles. The maximum Gasteiger partial charge on any atom is 0.335 e. The minimum Gasteiger partial charge on any atom is -0.481 e. The van der Waals surface area contributed by atoms with Crippen molar-refractivity contribution in [1.82, 2.24) is 0 Å². The summed E-state index contributed by atoms with van der Waals surface area (Å²) in [5.41, 5.74) is 0.450. The van der Waals surface area contributed by atoms with Gasteiger partial charge in [-0.3, -0.25) is 10.1 Å². The molecule has 0 atom stereocenters. The molecule has 0 saturated heterocycles. The van der Waals surface area contributed by atoms with Crippen molar-refractivity contribution in [2.75, 3.05) is 0 Å². The van der Waals surface area contributed by atoms with Gasteiger partial charge >= 0.3 is 11.7 Å². The Labute approximate surface area is 124 Å². The zero-order chi connectivity index (χ0) is 15.4. The first-order valence-electron chi connectivity index (χ1n) is 5.87. The van der Waals surface area contributed by atoms with Gasteiger partial charge in [0.2, 0.25) is 5.75 Å². The van der Waals surface area contributed by atoms with Crippen molar-refractivity contribution in [1.29, 1.82) is 0 Å². The van der Waals surface area contributed by atoms with Crippen LogP contribution in [0, 0.1) is 10.1 Å². The molecule has 21 heavy (non-hydrogen) atoms. The van der Waals surface area contributed by atoms with Crippen molar-refractivity contribution in [3.8, 4) is 5.75 Å². The fraction of sp³-hybridized carbons (Fsp3) is 0.0714. The molecule has 0 fully saturated rings. The monoisotopic (exact) mass is 307 g/mol. The first-order chi connectivity index (χ1) is 9.99. The largest absolute Gasteiger partial charge is 0.481 e. The fourth-order valence-electron chi connectivity index (χ4n) is 1.73. The fourth-order valence-corrected chi connectivity index (χ4v) is 1.96. The van der Waals surface area contributed by atoms with E-state index < -0.39 is 10.9 Å². The van der Waals surface area contributed by atoms with Crippen LogP contribution >= 0.6 is 11.6 Å². The highest BCUT2D eigenvalue weighted by atomic mass is 35.5. The third-order valence-electron chi connectivity index (χ3n) is 2.70. The number of nitro groups is 1. The number of hydrogen-bond donors (Lipinski definition) is 1. The van der Waals surface area contributed by atoms with E-state index in [4.69, 9.17) is 21.4 Å². The van der Waals surface area contributed by atoms with Crippen LogP contribution in [0.2, 0.25) is 5.02 Å². The smallest absolute Gasteiger partial charge is 0.335 e. The molecule has 0 aliphatic heterocycles. The highest BCUT2D eigenvalue weighted by molar-refractivity contribution is 6.32. The molecule has 0 spiro atoms. The molecule has 1 N–H and O–H groups in total. The second kappa shape index (κ2) is 6.23.